The summed E-state index contributed by atoms with van der Waals surface area (Å²) in [4.78, 5) is 22.1. The molecule has 0 heterocycles. The number of nitrogens with one attached hydrogen (secondary N) is 2. The largest absolute Gasteiger partial charge is 0.497 e. The van der Waals surface area contributed by atoms with Gasteiger partial charge in [-0.2, -0.15) is 0 Å². The van der Waals surface area contributed by atoms with Crippen molar-refractivity contribution in [3.63, 3.8) is 0 Å². The minimum atomic E-state index is -0.996. The van der Waals surface area contributed by atoms with Crippen LogP contribution >= 0.6 is 0 Å². The van der Waals surface area contributed by atoms with Crippen LogP contribution in [0.2, 0.25) is 0 Å². The zero-order chi connectivity index (χ0) is 13.5. The number of rotatable bonds is 6. The Morgan fingerprint density at radius 2 is 2.17 bits per heavy atom. The molecule has 1 rings (SSSR count). The number of hydrogen-bond acceptors (Lipinski definition) is 4. The number of hydrogen-bond donors (Lipinski definition) is 3. The molecule has 1 atom stereocenters. The summed E-state index contributed by atoms with van der Waals surface area (Å²) in [5.74, 6) is -0.666. The lowest BCUT2D eigenvalue weighted by molar-refractivity contribution is -0.139. The second-order valence-electron chi connectivity index (χ2n) is 3.72. The highest BCUT2D eigenvalue weighted by Gasteiger charge is 2.11. The van der Waals surface area contributed by atoms with Crippen LogP contribution in [0.4, 0.5) is 5.69 Å². The highest BCUT2D eigenvalue weighted by Crippen LogP contribution is 2.16. The van der Waals surface area contributed by atoms with E-state index in [1.165, 1.54) is 14.0 Å². The standard InChI is InChI=1S/C12H16N2O4/c1-8(12(16)17)13-7-11(15)14-9-4-3-5-10(6-9)18-2/h3-6,8,13H,7H2,1-2H3,(H,14,15)(H,16,17). The van der Waals surface area contributed by atoms with E-state index in [2.05, 4.69) is 10.6 Å². The van der Waals surface area contributed by atoms with Crippen molar-refractivity contribution in [2.75, 3.05) is 19.0 Å². The van der Waals surface area contributed by atoms with E-state index in [-0.39, 0.29) is 12.5 Å². The molecule has 0 aliphatic carbocycles. The average Bonchev–Trinajstić information content (AvgIpc) is 2.36. The predicted molar refractivity (Wildman–Crippen MR) is 66.7 cm³/mol. The summed E-state index contributed by atoms with van der Waals surface area (Å²) in [5, 5.41) is 13.9. The number of amides is 1. The number of methoxy groups -OCH3 is 1. The van der Waals surface area contributed by atoms with Crippen molar-refractivity contribution in [1.82, 2.24) is 5.32 Å². The summed E-state index contributed by atoms with van der Waals surface area (Å²) in [6.07, 6.45) is 0. The molecule has 0 bridgehead atoms. The van der Waals surface area contributed by atoms with Gasteiger partial charge in [-0.25, -0.2) is 0 Å². The van der Waals surface area contributed by atoms with Gasteiger partial charge in [0.25, 0.3) is 0 Å². The highest BCUT2D eigenvalue weighted by molar-refractivity contribution is 5.92. The number of carbonyl (C=O) groups excluding carboxylic acids is 1. The molecule has 6 heteroatoms. The first-order valence-corrected chi connectivity index (χ1v) is 5.43. The first-order valence-electron chi connectivity index (χ1n) is 5.43. The molecule has 0 aliphatic heterocycles. The van der Waals surface area contributed by atoms with Gasteiger partial charge in [-0.1, -0.05) is 6.07 Å². The molecule has 0 aromatic heterocycles. The second kappa shape index (κ2) is 6.61. The number of anilines is 1. The van der Waals surface area contributed by atoms with Gasteiger partial charge >= 0.3 is 5.97 Å². The summed E-state index contributed by atoms with van der Waals surface area (Å²) >= 11 is 0. The first-order chi connectivity index (χ1) is 8.52. The Kier molecular flexibility index (Phi) is 5.13. The lowest BCUT2D eigenvalue weighted by Crippen LogP contribution is -2.39. The minimum Gasteiger partial charge on any atom is -0.497 e. The molecule has 0 aliphatic rings. The molecule has 1 aromatic rings. The van der Waals surface area contributed by atoms with Crippen LogP contribution in [0.25, 0.3) is 0 Å². The van der Waals surface area contributed by atoms with Gasteiger partial charge in [0.15, 0.2) is 0 Å². The van der Waals surface area contributed by atoms with E-state index in [0.29, 0.717) is 11.4 Å². The Labute approximate surface area is 105 Å². The lowest BCUT2D eigenvalue weighted by atomic mass is 10.3. The van der Waals surface area contributed by atoms with Gasteiger partial charge in [0, 0.05) is 11.8 Å². The van der Waals surface area contributed by atoms with Crippen LogP contribution in [-0.4, -0.2) is 36.7 Å². The number of ether oxygens (including phenoxy) is 1. The van der Waals surface area contributed by atoms with Crippen LogP contribution in [0.3, 0.4) is 0 Å². The molecule has 18 heavy (non-hydrogen) atoms. The molecule has 0 saturated carbocycles. The molecule has 1 amide bonds. The average molecular weight is 252 g/mol. The number of carboxylic acids is 1. The fourth-order valence-electron chi connectivity index (χ4n) is 1.24. The fourth-order valence-corrected chi connectivity index (χ4v) is 1.24. The molecule has 98 valence electrons. The molecule has 0 spiro atoms. The second-order valence-corrected chi connectivity index (χ2v) is 3.72. The Balaban J connectivity index is 2.46. The monoisotopic (exact) mass is 252 g/mol. The predicted octanol–water partition coefficient (Wildman–Crippen LogP) is 0.696. The SMILES string of the molecule is COc1cccc(NC(=O)CNC(C)C(=O)O)c1. The van der Waals surface area contributed by atoms with E-state index in [9.17, 15) is 9.59 Å². The van der Waals surface area contributed by atoms with Gasteiger partial charge in [-0.3, -0.25) is 14.9 Å². The van der Waals surface area contributed by atoms with Gasteiger partial charge in [0.1, 0.15) is 11.8 Å². The van der Waals surface area contributed by atoms with Crippen molar-refractivity contribution in [1.29, 1.82) is 0 Å². The quantitative estimate of drug-likeness (QED) is 0.693. The lowest BCUT2D eigenvalue weighted by Gasteiger charge is -2.10. The molecule has 0 saturated heterocycles. The summed E-state index contributed by atoms with van der Waals surface area (Å²) < 4.78 is 5.02. The Hall–Kier alpha value is -2.08. The van der Waals surface area contributed by atoms with Crippen LogP contribution < -0.4 is 15.4 Å². The van der Waals surface area contributed by atoms with Gasteiger partial charge < -0.3 is 15.2 Å². The zero-order valence-corrected chi connectivity index (χ0v) is 10.3. The van der Waals surface area contributed by atoms with E-state index in [4.69, 9.17) is 9.84 Å². The Morgan fingerprint density at radius 3 is 2.78 bits per heavy atom. The van der Waals surface area contributed by atoms with Crippen LogP contribution in [0, 0.1) is 0 Å². The van der Waals surface area contributed by atoms with E-state index >= 15 is 0 Å². The third-order valence-electron chi connectivity index (χ3n) is 2.29. The fraction of sp³-hybridized carbons (Fsp3) is 0.333. The smallest absolute Gasteiger partial charge is 0.320 e. The van der Waals surface area contributed by atoms with Gasteiger partial charge in [-0.15, -0.1) is 0 Å². The highest BCUT2D eigenvalue weighted by atomic mass is 16.5. The van der Waals surface area contributed by atoms with Gasteiger partial charge in [0.2, 0.25) is 5.91 Å². The number of benzene rings is 1. The molecule has 1 aromatic carbocycles. The van der Waals surface area contributed by atoms with Crippen molar-refractivity contribution >= 4 is 17.6 Å². The summed E-state index contributed by atoms with van der Waals surface area (Å²) in [5.41, 5.74) is 0.601. The number of carbonyl (C=O) groups is 2. The van der Waals surface area contributed by atoms with Crippen LogP contribution in [0.1, 0.15) is 6.92 Å². The number of aliphatic carboxylic acids is 1. The Morgan fingerprint density at radius 1 is 1.44 bits per heavy atom. The topological polar surface area (TPSA) is 87.7 Å². The van der Waals surface area contributed by atoms with Crippen LogP contribution in [0.15, 0.2) is 24.3 Å². The summed E-state index contributed by atoms with van der Waals surface area (Å²) in [6, 6.07) is 6.16. The summed E-state index contributed by atoms with van der Waals surface area (Å²) in [6.45, 7) is 1.41. The zero-order valence-electron chi connectivity index (χ0n) is 10.3. The van der Waals surface area contributed by atoms with Crippen molar-refractivity contribution in [2.24, 2.45) is 0 Å². The molecule has 6 nitrogen and oxygen atoms in total. The Bertz CT molecular complexity index is 434. The third kappa shape index (κ3) is 4.42. The van der Waals surface area contributed by atoms with E-state index in [1.54, 1.807) is 24.3 Å². The van der Waals surface area contributed by atoms with Crippen molar-refractivity contribution in [3.8, 4) is 5.75 Å². The maximum Gasteiger partial charge on any atom is 0.320 e. The molecular weight excluding hydrogens is 236 g/mol. The van der Waals surface area contributed by atoms with Crippen LogP contribution in [-0.2, 0) is 9.59 Å². The van der Waals surface area contributed by atoms with Crippen LogP contribution in [0.5, 0.6) is 5.75 Å². The van der Waals surface area contributed by atoms with Gasteiger partial charge in [0.05, 0.1) is 13.7 Å². The molecule has 0 fully saturated rings. The van der Waals surface area contributed by atoms with E-state index in [0.717, 1.165) is 0 Å². The van der Waals surface area contributed by atoms with Gasteiger partial charge in [-0.05, 0) is 19.1 Å². The van der Waals surface area contributed by atoms with E-state index in [1.807, 2.05) is 0 Å². The third-order valence-corrected chi connectivity index (χ3v) is 2.29. The molecule has 0 radical (unpaired) electrons. The summed E-state index contributed by atoms with van der Waals surface area (Å²) in [7, 11) is 1.54. The van der Waals surface area contributed by atoms with Crippen molar-refractivity contribution in [2.45, 2.75) is 13.0 Å². The maximum atomic E-state index is 11.5. The number of carboxylic acid groups (broad SMARTS) is 1. The van der Waals surface area contributed by atoms with Crippen molar-refractivity contribution < 1.29 is 19.4 Å². The van der Waals surface area contributed by atoms with E-state index < -0.39 is 12.0 Å². The molecular formula is C12H16N2O4. The normalized spacial score (nSPS) is 11.7. The first kappa shape index (κ1) is 14.0. The molecule has 1 unspecified atom stereocenters. The minimum absolute atomic E-state index is 0.0648. The molecule has 3 N–H and O–H groups in total. The maximum absolute atomic E-state index is 11.5. The van der Waals surface area contributed by atoms with Crippen molar-refractivity contribution in [3.05, 3.63) is 24.3 Å².